The van der Waals surface area contributed by atoms with Gasteiger partial charge in [0.15, 0.2) is 0 Å². The number of benzene rings is 1. The molecule has 0 bridgehead atoms. The van der Waals surface area contributed by atoms with Crippen LogP contribution in [0.4, 0.5) is 0 Å². The minimum absolute atomic E-state index is 0.582. The summed E-state index contributed by atoms with van der Waals surface area (Å²) in [5.41, 5.74) is 3.55. The molecule has 0 aromatic heterocycles. The van der Waals surface area contributed by atoms with Crippen molar-refractivity contribution in [2.24, 2.45) is 11.3 Å². The molecule has 0 radical (unpaired) electrons. The summed E-state index contributed by atoms with van der Waals surface area (Å²) in [4.78, 5) is 0. The van der Waals surface area contributed by atoms with E-state index in [4.69, 9.17) is 0 Å². The predicted molar refractivity (Wildman–Crippen MR) is 76.9 cm³/mol. The van der Waals surface area contributed by atoms with Crippen LogP contribution >= 0.6 is 0 Å². The van der Waals surface area contributed by atoms with E-state index in [1.807, 2.05) is 0 Å². The van der Waals surface area contributed by atoms with Crippen LogP contribution < -0.4 is 5.32 Å². The molecule has 1 aromatic rings. The summed E-state index contributed by atoms with van der Waals surface area (Å²) in [6, 6.07) is 9.19. The smallest absolute Gasteiger partial charge is 0.00256 e. The third-order valence-electron chi connectivity index (χ3n) is 5.51. The zero-order chi connectivity index (χ0) is 12.6. The SMILES string of the molecule is Cc1cccc(C2CNCCC23CCCC3C)c1. The average Bonchev–Trinajstić information content (AvgIpc) is 2.72. The normalized spacial score (nSPS) is 36.1. The Morgan fingerprint density at radius 1 is 1.28 bits per heavy atom. The Labute approximate surface area is 111 Å². The molecule has 1 heteroatoms. The van der Waals surface area contributed by atoms with Crippen LogP contribution in [-0.2, 0) is 0 Å². The lowest BCUT2D eigenvalue weighted by atomic mass is 9.62. The van der Waals surface area contributed by atoms with E-state index >= 15 is 0 Å². The van der Waals surface area contributed by atoms with Gasteiger partial charge in [-0.3, -0.25) is 0 Å². The Bertz CT molecular complexity index is 425. The highest BCUT2D eigenvalue weighted by molar-refractivity contribution is 5.29. The zero-order valence-electron chi connectivity index (χ0n) is 11.7. The van der Waals surface area contributed by atoms with Crippen molar-refractivity contribution in [2.45, 2.75) is 45.4 Å². The second-order valence-electron chi connectivity index (χ2n) is 6.45. The van der Waals surface area contributed by atoms with Crippen LogP contribution in [0.5, 0.6) is 0 Å². The van der Waals surface area contributed by atoms with E-state index in [2.05, 4.69) is 43.4 Å². The van der Waals surface area contributed by atoms with E-state index in [0.29, 0.717) is 5.41 Å². The van der Waals surface area contributed by atoms with Gasteiger partial charge in [-0.2, -0.15) is 0 Å². The van der Waals surface area contributed by atoms with Crippen molar-refractivity contribution >= 4 is 0 Å². The van der Waals surface area contributed by atoms with Crippen molar-refractivity contribution in [1.82, 2.24) is 5.32 Å². The Hall–Kier alpha value is -0.820. The summed E-state index contributed by atoms with van der Waals surface area (Å²) in [5.74, 6) is 1.62. The summed E-state index contributed by atoms with van der Waals surface area (Å²) < 4.78 is 0. The maximum absolute atomic E-state index is 3.62. The van der Waals surface area contributed by atoms with Crippen LogP contribution in [0.1, 0.15) is 49.7 Å². The van der Waals surface area contributed by atoms with E-state index in [1.54, 1.807) is 5.56 Å². The predicted octanol–water partition coefficient (Wildman–Crippen LogP) is 3.88. The fourth-order valence-corrected chi connectivity index (χ4v) is 4.44. The van der Waals surface area contributed by atoms with Crippen molar-refractivity contribution < 1.29 is 0 Å². The lowest BCUT2D eigenvalue weighted by Gasteiger charge is -2.45. The molecule has 1 spiro atoms. The lowest BCUT2D eigenvalue weighted by Crippen LogP contribution is -2.45. The molecule has 18 heavy (non-hydrogen) atoms. The minimum Gasteiger partial charge on any atom is -0.316 e. The maximum atomic E-state index is 3.62. The van der Waals surface area contributed by atoms with Gasteiger partial charge in [0.1, 0.15) is 0 Å². The van der Waals surface area contributed by atoms with Crippen molar-refractivity contribution in [2.75, 3.05) is 13.1 Å². The van der Waals surface area contributed by atoms with Crippen molar-refractivity contribution in [3.63, 3.8) is 0 Å². The molecule has 3 rings (SSSR count). The molecule has 2 fully saturated rings. The topological polar surface area (TPSA) is 12.0 Å². The molecular formula is C17H25N. The van der Waals surface area contributed by atoms with Gasteiger partial charge >= 0.3 is 0 Å². The third kappa shape index (κ3) is 1.89. The summed E-state index contributed by atoms with van der Waals surface area (Å²) in [6.07, 6.45) is 5.67. The van der Waals surface area contributed by atoms with Gasteiger partial charge in [-0.25, -0.2) is 0 Å². The summed E-state index contributed by atoms with van der Waals surface area (Å²) in [5, 5.41) is 3.62. The van der Waals surface area contributed by atoms with Crippen molar-refractivity contribution in [1.29, 1.82) is 0 Å². The summed E-state index contributed by atoms with van der Waals surface area (Å²) in [7, 11) is 0. The molecule has 0 amide bonds. The highest BCUT2D eigenvalue weighted by Crippen LogP contribution is 2.55. The Morgan fingerprint density at radius 3 is 2.89 bits per heavy atom. The molecule has 1 aromatic carbocycles. The first-order chi connectivity index (χ1) is 8.72. The fourth-order valence-electron chi connectivity index (χ4n) is 4.44. The highest BCUT2D eigenvalue weighted by Gasteiger charge is 2.47. The minimum atomic E-state index is 0.582. The number of nitrogens with one attached hydrogen (secondary N) is 1. The second-order valence-corrected chi connectivity index (χ2v) is 6.45. The Kier molecular flexibility index (Phi) is 3.19. The first kappa shape index (κ1) is 12.2. The first-order valence-corrected chi connectivity index (χ1v) is 7.50. The summed E-state index contributed by atoms with van der Waals surface area (Å²) >= 11 is 0. The Balaban J connectivity index is 1.97. The molecular weight excluding hydrogens is 218 g/mol. The first-order valence-electron chi connectivity index (χ1n) is 7.50. The number of hydrogen-bond acceptors (Lipinski definition) is 1. The van der Waals surface area contributed by atoms with E-state index in [0.717, 1.165) is 11.8 Å². The van der Waals surface area contributed by atoms with Crippen LogP contribution in [-0.4, -0.2) is 13.1 Å². The van der Waals surface area contributed by atoms with Gasteiger partial charge in [0.2, 0.25) is 0 Å². The zero-order valence-corrected chi connectivity index (χ0v) is 11.7. The van der Waals surface area contributed by atoms with Crippen molar-refractivity contribution in [3.05, 3.63) is 35.4 Å². The lowest BCUT2D eigenvalue weighted by molar-refractivity contribution is 0.116. The summed E-state index contributed by atoms with van der Waals surface area (Å²) in [6.45, 7) is 7.09. The van der Waals surface area contributed by atoms with Gasteiger partial charge in [-0.05, 0) is 43.2 Å². The van der Waals surface area contributed by atoms with Gasteiger partial charge in [0.05, 0.1) is 0 Å². The van der Waals surface area contributed by atoms with Crippen LogP contribution in [0.3, 0.4) is 0 Å². The van der Waals surface area contributed by atoms with E-state index in [1.165, 1.54) is 44.3 Å². The largest absolute Gasteiger partial charge is 0.316 e. The quantitative estimate of drug-likeness (QED) is 0.789. The van der Waals surface area contributed by atoms with E-state index in [-0.39, 0.29) is 0 Å². The van der Waals surface area contributed by atoms with Crippen LogP contribution in [0.15, 0.2) is 24.3 Å². The van der Waals surface area contributed by atoms with E-state index < -0.39 is 0 Å². The average molecular weight is 243 g/mol. The molecule has 1 heterocycles. The fraction of sp³-hybridized carbons (Fsp3) is 0.647. The molecule has 2 aliphatic rings. The molecule has 1 saturated carbocycles. The molecule has 1 aliphatic carbocycles. The number of piperidine rings is 1. The Morgan fingerprint density at radius 2 is 2.17 bits per heavy atom. The van der Waals surface area contributed by atoms with Crippen LogP contribution in [0.25, 0.3) is 0 Å². The van der Waals surface area contributed by atoms with Gasteiger partial charge in [0.25, 0.3) is 0 Å². The monoisotopic (exact) mass is 243 g/mol. The van der Waals surface area contributed by atoms with Crippen LogP contribution in [0.2, 0.25) is 0 Å². The van der Waals surface area contributed by atoms with Gasteiger partial charge in [-0.1, -0.05) is 49.6 Å². The van der Waals surface area contributed by atoms with Crippen LogP contribution in [0, 0.1) is 18.3 Å². The molecule has 3 unspecified atom stereocenters. The highest BCUT2D eigenvalue weighted by atomic mass is 14.9. The maximum Gasteiger partial charge on any atom is 0.00256 e. The molecule has 1 N–H and O–H groups in total. The number of rotatable bonds is 1. The molecule has 1 nitrogen and oxygen atoms in total. The number of aryl methyl sites for hydroxylation is 1. The van der Waals surface area contributed by atoms with Gasteiger partial charge < -0.3 is 5.32 Å². The molecule has 98 valence electrons. The molecule has 3 atom stereocenters. The second kappa shape index (κ2) is 4.70. The third-order valence-corrected chi connectivity index (χ3v) is 5.51. The molecule has 1 aliphatic heterocycles. The van der Waals surface area contributed by atoms with E-state index in [9.17, 15) is 0 Å². The molecule has 1 saturated heterocycles. The van der Waals surface area contributed by atoms with Gasteiger partial charge in [-0.15, -0.1) is 0 Å². The van der Waals surface area contributed by atoms with Gasteiger partial charge in [0, 0.05) is 12.5 Å². The van der Waals surface area contributed by atoms with Crippen molar-refractivity contribution in [3.8, 4) is 0 Å². The number of hydrogen-bond donors (Lipinski definition) is 1. The standard InChI is InChI=1S/C17H25N/c1-13-5-3-7-15(11-13)16-12-18-10-9-17(16)8-4-6-14(17)2/h3,5,7,11,14,16,18H,4,6,8-10,12H2,1-2H3.